The minimum absolute atomic E-state index is 0.991. The Morgan fingerprint density at radius 1 is 0.938 bits per heavy atom. The van der Waals surface area contributed by atoms with Crippen LogP contribution in [-0.2, 0) is 0 Å². The van der Waals surface area contributed by atoms with Gasteiger partial charge in [-0.3, -0.25) is 0 Å². The minimum atomic E-state index is 0.991. The van der Waals surface area contributed by atoms with E-state index < -0.39 is 0 Å². The predicted molar refractivity (Wildman–Crippen MR) is 67.7 cm³/mol. The highest BCUT2D eigenvalue weighted by molar-refractivity contribution is 5.65. The molecule has 2 heteroatoms. The third kappa shape index (κ3) is 1.75. The van der Waals surface area contributed by atoms with Crippen LogP contribution in [0.1, 0.15) is 28.1 Å². The van der Waals surface area contributed by atoms with E-state index in [0.717, 1.165) is 17.2 Å². The first-order valence-corrected chi connectivity index (χ1v) is 5.60. The summed E-state index contributed by atoms with van der Waals surface area (Å²) in [5, 5.41) is 0. The van der Waals surface area contributed by atoms with E-state index in [1.165, 1.54) is 22.3 Å². The van der Waals surface area contributed by atoms with Crippen LogP contribution < -0.4 is 0 Å². The second kappa shape index (κ2) is 3.78. The zero-order chi connectivity index (χ0) is 11.9. The molecule has 0 spiro atoms. The van der Waals surface area contributed by atoms with Gasteiger partial charge < -0.3 is 4.98 Å². The zero-order valence-corrected chi connectivity index (χ0v) is 10.6. The Bertz CT molecular complexity index is 493. The molecule has 0 saturated carbocycles. The Morgan fingerprint density at radius 3 is 1.94 bits per heavy atom. The van der Waals surface area contributed by atoms with Crippen molar-refractivity contribution < 1.29 is 0 Å². The summed E-state index contributed by atoms with van der Waals surface area (Å²) in [6, 6.07) is 4.41. The molecule has 1 aromatic carbocycles. The SMILES string of the molecule is Cc1cc(C)c(-c2nc(C)c(C)[nH]2)c(C)c1. The van der Waals surface area contributed by atoms with Crippen LogP contribution in [0.3, 0.4) is 0 Å². The summed E-state index contributed by atoms with van der Waals surface area (Å²) in [6.07, 6.45) is 0. The number of H-pyrrole nitrogens is 1. The summed E-state index contributed by atoms with van der Waals surface area (Å²) in [5.41, 5.74) is 7.34. The van der Waals surface area contributed by atoms with Gasteiger partial charge in [-0.15, -0.1) is 0 Å². The van der Waals surface area contributed by atoms with Crippen molar-refractivity contribution in [1.29, 1.82) is 0 Å². The van der Waals surface area contributed by atoms with Gasteiger partial charge in [-0.25, -0.2) is 4.98 Å². The molecule has 2 rings (SSSR count). The second-order valence-electron chi connectivity index (χ2n) is 4.57. The number of benzene rings is 1. The van der Waals surface area contributed by atoms with Crippen molar-refractivity contribution in [1.82, 2.24) is 9.97 Å². The quantitative estimate of drug-likeness (QED) is 0.771. The first-order chi connectivity index (χ1) is 7.49. The molecule has 84 valence electrons. The molecule has 2 nitrogen and oxygen atoms in total. The van der Waals surface area contributed by atoms with Gasteiger partial charge >= 0.3 is 0 Å². The molecule has 0 amide bonds. The number of rotatable bonds is 1. The van der Waals surface area contributed by atoms with Gasteiger partial charge in [0, 0.05) is 11.3 Å². The van der Waals surface area contributed by atoms with Gasteiger partial charge in [-0.05, 0) is 45.7 Å². The number of hydrogen-bond donors (Lipinski definition) is 1. The lowest BCUT2D eigenvalue weighted by Crippen LogP contribution is -1.91. The average molecular weight is 214 g/mol. The number of aromatic nitrogens is 2. The Morgan fingerprint density at radius 2 is 1.50 bits per heavy atom. The molecule has 0 fully saturated rings. The van der Waals surface area contributed by atoms with E-state index in [4.69, 9.17) is 0 Å². The van der Waals surface area contributed by atoms with Crippen molar-refractivity contribution in [2.75, 3.05) is 0 Å². The van der Waals surface area contributed by atoms with Crippen LogP contribution >= 0.6 is 0 Å². The number of hydrogen-bond acceptors (Lipinski definition) is 1. The lowest BCUT2D eigenvalue weighted by Gasteiger charge is -2.08. The van der Waals surface area contributed by atoms with E-state index in [1.54, 1.807) is 0 Å². The highest BCUT2D eigenvalue weighted by atomic mass is 14.9. The summed E-state index contributed by atoms with van der Waals surface area (Å²) in [4.78, 5) is 7.93. The van der Waals surface area contributed by atoms with Crippen LogP contribution in [0.15, 0.2) is 12.1 Å². The molecule has 1 N–H and O–H groups in total. The van der Waals surface area contributed by atoms with Crippen LogP contribution in [0.5, 0.6) is 0 Å². The van der Waals surface area contributed by atoms with Gasteiger partial charge in [0.2, 0.25) is 0 Å². The number of nitrogens with one attached hydrogen (secondary N) is 1. The molecule has 0 atom stereocenters. The first kappa shape index (κ1) is 10.9. The van der Waals surface area contributed by atoms with E-state index in [1.807, 2.05) is 6.92 Å². The normalized spacial score (nSPS) is 10.8. The van der Waals surface area contributed by atoms with E-state index in [2.05, 4.69) is 49.8 Å². The maximum absolute atomic E-state index is 4.58. The lowest BCUT2D eigenvalue weighted by atomic mass is 9.99. The van der Waals surface area contributed by atoms with Gasteiger partial charge in [0.1, 0.15) is 5.82 Å². The molecule has 0 unspecified atom stereocenters. The van der Waals surface area contributed by atoms with Crippen LogP contribution in [-0.4, -0.2) is 9.97 Å². The molecule has 16 heavy (non-hydrogen) atoms. The Balaban J connectivity index is 2.64. The Labute approximate surface area is 96.7 Å². The molecular formula is C14H18N2. The fourth-order valence-corrected chi connectivity index (χ4v) is 2.22. The summed E-state index contributed by atoms with van der Waals surface area (Å²) in [6.45, 7) is 10.5. The average Bonchev–Trinajstić information content (AvgIpc) is 2.44. The van der Waals surface area contributed by atoms with Crippen molar-refractivity contribution in [3.8, 4) is 11.4 Å². The summed E-state index contributed by atoms with van der Waals surface area (Å²) in [7, 11) is 0. The molecule has 2 aromatic rings. The smallest absolute Gasteiger partial charge is 0.138 e. The number of nitrogens with zero attached hydrogens (tertiary/aromatic N) is 1. The molecule has 1 aromatic heterocycles. The Hall–Kier alpha value is -1.57. The largest absolute Gasteiger partial charge is 0.342 e. The van der Waals surface area contributed by atoms with Crippen molar-refractivity contribution in [3.63, 3.8) is 0 Å². The zero-order valence-electron chi connectivity index (χ0n) is 10.6. The fraction of sp³-hybridized carbons (Fsp3) is 0.357. The number of aromatic amines is 1. The van der Waals surface area contributed by atoms with Crippen molar-refractivity contribution in [3.05, 3.63) is 40.2 Å². The van der Waals surface area contributed by atoms with Crippen molar-refractivity contribution in [2.24, 2.45) is 0 Å². The first-order valence-electron chi connectivity index (χ1n) is 5.60. The van der Waals surface area contributed by atoms with Crippen molar-refractivity contribution in [2.45, 2.75) is 34.6 Å². The maximum Gasteiger partial charge on any atom is 0.138 e. The monoisotopic (exact) mass is 214 g/mol. The number of aryl methyl sites for hydroxylation is 5. The molecule has 0 aliphatic carbocycles. The molecule has 0 aliphatic heterocycles. The highest BCUT2D eigenvalue weighted by Gasteiger charge is 2.10. The molecule has 1 heterocycles. The van der Waals surface area contributed by atoms with Gasteiger partial charge in [-0.2, -0.15) is 0 Å². The molecule has 0 bridgehead atoms. The van der Waals surface area contributed by atoms with Crippen LogP contribution in [0, 0.1) is 34.6 Å². The highest BCUT2D eigenvalue weighted by Crippen LogP contribution is 2.26. The standard InChI is InChI=1S/C14H18N2/c1-8-6-9(2)13(10(3)7-8)14-15-11(4)12(5)16-14/h6-7H,1-5H3,(H,15,16). The van der Waals surface area contributed by atoms with Gasteiger partial charge in [0.15, 0.2) is 0 Å². The van der Waals surface area contributed by atoms with E-state index in [0.29, 0.717) is 0 Å². The van der Waals surface area contributed by atoms with Crippen molar-refractivity contribution >= 4 is 0 Å². The molecule has 0 radical (unpaired) electrons. The molecule has 0 aliphatic rings. The molecular weight excluding hydrogens is 196 g/mol. The van der Waals surface area contributed by atoms with Gasteiger partial charge in [0.25, 0.3) is 0 Å². The minimum Gasteiger partial charge on any atom is -0.342 e. The summed E-state index contributed by atoms with van der Waals surface area (Å²) < 4.78 is 0. The van der Waals surface area contributed by atoms with Crippen LogP contribution in [0.4, 0.5) is 0 Å². The third-order valence-electron chi connectivity index (χ3n) is 3.04. The molecule has 0 saturated heterocycles. The van der Waals surface area contributed by atoms with Gasteiger partial charge in [-0.1, -0.05) is 17.7 Å². The Kier molecular flexibility index (Phi) is 2.58. The lowest BCUT2D eigenvalue weighted by molar-refractivity contribution is 1.22. The number of imidazole rings is 1. The second-order valence-corrected chi connectivity index (χ2v) is 4.57. The third-order valence-corrected chi connectivity index (χ3v) is 3.04. The van der Waals surface area contributed by atoms with E-state index in [9.17, 15) is 0 Å². The van der Waals surface area contributed by atoms with Crippen LogP contribution in [0.2, 0.25) is 0 Å². The predicted octanol–water partition coefficient (Wildman–Crippen LogP) is 3.62. The topological polar surface area (TPSA) is 28.7 Å². The summed E-state index contributed by atoms with van der Waals surface area (Å²) >= 11 is 0. The maximum atomic E-state index is 4.58. The van der Waals surface area contributed by atoms with E-state index >= 15 is 0 Å². The van der Waals surface area contributed by atoms with Crippen LogP contribution in [0.25, 0.3) is 11.4 Å². The fourth-order valence-electron chi connectivity index (χ4n) is 2.22. The van der Waals surface area contributed by atoms with Gasteiger partial charge in [0.05, 0.1) is 5.69 Å². The summed E-state index contributed by atoms with van der Waals surface area (Å²) in [5.74, 6) is 0.991. The van der Waals surface area contributed by atoms with E-state index in [-0.39, 0.29) is 0 Å².